The van der Waals surface area contributed by atoms with Gasteiger partial charge in [-0.3, -0.25) is 4.79 Å². The molecule has 0 fully saturated rings. The highest BCUT2D eigenvalue weighted by atomic mass is 16.5. The quantitative estimate of drug-likeness (QED) is 0.734. The predicted molar refractivity (Wildman–Crippen MR) is 84.9 cm³/mol. The average molecular weight is 294 g/mol. The van der Waals surface area contributed by atoms with Gasteiger partial charge in [0.2, 0.25) is 5.91 Å². The van der Waals surface area contributed by atoms with Crippen molar-refractivity contribution in [3.05, 3.63) is 18.2 Å². The summed E-state index contributed by atoms with van der Waals surface area (Å²) in [5, 5.41) is 2.88. The molecule has 0 spiro atoms. The van der Waals surface area contributed by atoms with Gasteiger partial charge in [-0.15, -0.1) is 0 Å². The van der Waals surface area contributed by atoms with Crippen LogP contribution in [0.15, 0.2) is 18.2 Å². The fourth-order valence-electron chi connectivity index (χ4n) is 2.25. The molecule has 1 atom stereocenters. The van der Waals surface area contributed by atoms with Crippen molar-refractivity contribution in [1.82, 2.24) is 0 Å². The molecular weight excluding hydrogens is 268 g/mol. The lowest BCUT2D eigenvalue weighted by Gasteiger charge is -2.14. The van der Waals surface area contributed by atoms with Crippen LogP contribution in [0.25, 0.3) is 0 Å². The van der Waals surface area contributed by atoms with Crippen molar-refractivity contribution in [2.75, 3.05) is 26.1 Å². The Hall–Kier alpha value is -1.75. The molecule has 1 aromatic carbocycles. The molecule has 1 unspecified atom stereocenters. The highest BCUT2D eigenvalue weighted by Gasteiger charge is 2.12. The molecular formula is C16H26N2O3. The fraction of sp³-hybridized carbons (Fsp3) is 0.562. The molecule has 0 radical (unpaired) electrons. The lowest BCUT2D eigenvalue weighted by atomic mass is 9.96. The summed E-state index contributed by atoms with van der Waals surface area (Å²) >= 11 is 0. The second kappa shape index (κ2) is 9.23. The van der Waals surface area contributed by atoms with Crippen molar-refractivity contribution in [2.24, 2.45) is 11.7 Å². The minimum Gasteiger partial charge on any atom is -0.497 e. The van der Waals surface area contributed by atoms with Crippen LogP contribution in [0, 0.1) is 5.92 Å². The summed E-state index contributed by atoms with van der Waals surface area (Å²) in [6.45, 7) is 2.80. The van der Waals surface area contributed by atoms with Gasteiger partial charge in [0.15, 0.2) is 0 Å². The number of carbonyl (C=O) groups excluding carboxylic acids is 1. The number of nitrogens with two attached hydrogens (primary N) is 1. The van der Waals surface area contributed by atoms with Gasteiger partial charge in [0.1, 0.15) is 11.5 Å². The summed E-state index contributed by atoms with van der Waals surface area (Å²) in [5.74, 6) is 1.80. The SMILES string of the molecule is CCC(CCN)CCC(=O)Nc1cc(OC)ccc1OC. The Bertz CT molecular complexity index is 449. The predicted octanol–water partition coefficient (Wildman–Crippen LogP) is 2.80. The first-order chi connectivity index (χ1) is 10.1. The summed E-state index contributed by atoms with van der Waals surface area (Å²) in [4.78, 5) is 12.1. The number of anilines is 1. The van der Waals surface area contributed by atoms with Gasteiger partial charge < -0.3 is 20.5 Å². The second-order valence-corrected chi connectivity index (χ2v) is 5.00. The zero-order valence-electron chi connectivity index (χ0n) is 13.1. The normalized spacial score (nSPS) is 11.8. The molecule has 0 aliphatic heterocycles. The van der Waals surface area contributed by atoms with Crippen LogP contribution in [0.5, 0.6) is 11.5 Å². The van der Waals surface area contributed by atoms with Crippen LogP contribution < -0.4 is 20.5 Å². The molecule has 0 saturated heterocycles. The van der Waals surface area contributed by atoms with Gasteiger partial charge in [0.05, 0.1) is 19.9 Å². The lowest BCUT2D eigenvalue weighted by molar-refractivity contribution is -0.116. The number of hydrogen-bond acceptors (Lipinski definition) is 4. The molecule has 1 aromatic rings. The summed E-state index contributed by atoms with van der Waals surface area (Å²) in [6.07, 6.45) is 3.35. The first kappa shape index (κ1) is 17.3. The van der Waals surface area contributed by atoms with Crippen LogP contribution in [-0.2, 0) is 4.79 Å². The summed E-state index contributed by atoms with van der Waals surface area (Å²) in [5.41, 5.74) is 6.21. The smallest absolute Gasteiger partial charge is 0.224 e. The largest absolute Gasteiger partial charge is 0.497 e. The fourth-order valence-corrected chi connectivity index (χ4v) is 2.25. The molecule has 0 aliphatic carbocycles. The molecule has 0 bridgehead atoms. The van der Waals surface area contributed by atoms with E-state index in [2.05, 4.69) is 12.2 Å². The van der Waals surface area contributed by atoms with Crippen molar-refractivity contribution < 1.29 is 14.3 Å². The standard InChI is InChI=1S/C16H26N2O3/c1-4-12(9-10-17)5-8-16(19)18-14-11-13(20-2)6-7-15(14)21-3/h6-7,11-12H,4-5,8-10,17H2,1-3H3,(H,18,19). The van der Waals surface area contributed by atoms with E-state index in [-0.39, 0.29) is 5.91 Å². The Morgan fingerprint density at radius 2 is 2.05 bits per heavy atom. The summed E-state index contributed by atoms with van der Waals surface area (Å²) in [6, 6.07) is 5.33. The zero-order chi connectivity index (χ0) is 15.7. The van der Waals surface area contributed by atoms with Gasteiger partial charge in [-0.2, -0.15) is 0 Å². The van der Waals surface area contributed by atoms with Crippen LogP contribution in [0.4, 0.5) is 5.69 Å². The number of nitrogens with one attached hydrogen (secondary N) is 1. The molecule has 118 valence electrons. The number of amides is 1. The monoisotopic (exact) mass is 294 g/mol. The van der Waals surface area contributed by atoms with Crippen molar-refractivity contribution in [1.29, 1.82) is 0 Å². The van der Waals surface area contributed by atoms with E-state index in [1.807, 2.05) is 0 Å². The van der Waals surface area contributed by atoms with E-state index in [1.165, 1.54) is 0 Å². The first-order valence-electron chi connectivity index (χ1n) is 7.36. The Labute approximate surface area is 126 Å². The van der Waals surface area contributed by atoms with E-state index in [0.29, 0.717) is 36.1 Å². The Morgan fingerprint density at radius 3 is 2.62 bits per heavy atom. The van der Waals surface area contributed by atoms with Gasteiger partial charge in [-0.1, -0.05) is 13.3 Å². The molecule has 0 aromatic heterocycles. The van der Waals surface area contributed by atoms with E-state index in [4.69, 9.17) is 15.2 Å². The van der Waals surface area contributed by atoms with Gasteiger partial charge in [0, 0.05) is 12.5 Å². The third-order valence-electron chi connectivity index (χ3n) is 3.61. The molecule has 0 saturated carbocycles. The van der Waals surface area contributed by atoms with Crippen LogP contribution >= 0.6 is 0 Å². The number of rotatable bonds is 9. The molecule has 3 N–H and O–H groups in total. The van der Waals surface area contributed by atoms with Crippen molar-refractivity contribution >= 4 is 11.6 Å². The minimum absolute atomic E-state index is 0.0166. The van der Waals surface area contributed by atoms with Crippen molar-refractivity contribution in [3.8, 4) is 11.5 Å². The summed E-state index contributed by atoms with van der Waals surface area (Å²) < 4.78 is 10.4. The number of methoxy groups -OCH3 is 2. The zero-order valence-corrected chi connectivity index (χ0v) is 13.1. The number of carbonyl (C=O) groups is 1. The number of hydrogen-bond donors (Lipinski definition) is 2. The molecule has 0 heterocycles. The lowest BCUT2D eigenvalue weighted by Crippen LogP contribution is -2.15. The van der Waals surface area contributed by atoms with E-state index in [9.17, 15) is 4.79 Å². The molecule has 1 rings (SSSR count). The maximum absolute atomic E-state index is 12.1. The maximum atomic E-state index is 12.1. The van der Waals surface area contributed by atoms with Gasteiger partial charge in [-0.25, -0.2) is 0 Å². The minimum atomic E-state index is -0.0166. The van der Waals surface area contributed by atoms with Crippen LogP contribution in [0.1, 0.15) is 32.6 Å². The van der Waals surface area contributed by atoms with Gasteiger partial charge in [0.25, 0.3) is 0 Å². The van der Waals surface area contributed by atoms with E-state index in [0.717, 1.165) is 19.3 Å². The van der Waals surface area contributed by atoms with Crippen molar-refractivity contribution in [2.45, 2.75) is 32.6 Å². The van der Waals surface area contributed by atoms with Crippen LogP contribution in [0.3, 0.4) is 0 Å². The second-order valence-electron chi connectivity index (χ2n) is 5.00. The molecule has 5 heteroatoms. The van der Waals surface area contributed by atoms with Gasteiger partial charge >= 0.3 is 0 Å². The Kier molecular flexibility index (Phi) is 7.61. The van der Waals surface area contributed by atoms with Crippen LogP contribution in [-0.4, -0.2) is 26.7 Å². The first-order valence-corrected chi connectivity index (χ1v) is 7.36. The third kappa shape index (κ3) is 5.63. The van der Waals surface area contributed by atoms with E-state index >= 15 is 0 Å². The Balaban J connectivity index is 2.61. The topological polar surface area (TPSA) is 73.6 Å². The van der Waals surface area contributed by atoms with E-state index < -0.39 is 0 Å². The molecule has 21 heavy (non-hydrogen) atoms. The van der Waals surface area contributed by atoms with Gasteiger partial charge in [-0.05, 0) is 37.4 Å². The van der Waals surface area contributed by atoms with Crippen molar-refractivity contribution in [3.63, 3.8) is 0 Å². The van der Waals surface area contributed by atoms with E-state index in [1.54, 1.807) is 32.4 Å². The number of ether oxygens (including phenoxy) is 2. The maximum Gasteiger partial charge on any atom is 0.224 e. The molecule has 0 aliphatic rings. The number of benzene rings is 1. The van der Waals surface area contributed by atoms with Crippen LogP contribution in [0.2, 0.25) is 0 Å². The molecule has 5 nitrogen and oxygen atoms in total. The average Bonchev–Trinajstić information content (AvgIpc) is 2.51. The summed E-state index contributed by atoms with van der Waals surface area (Å²) in [7, 11) is 3.16. The highest BCUT2D eigenvalue weighted by molar-refractivity contribution is 5.92. The molecule has 1 amide bonds. The Morgan fingerprint density at radius 1 is 1.29 bits per heavy atom. The third-order valence-corrected chi connectivity index (χ3v) is 3.61. The highest BCUT2D eigenvalue weighted by Crippen LogP contribution is 2.29.